The van der Waals surface area contributed by atoms with Gasteiger partial charge in [-0.25, -0.2) is 13.6 Å². The molecule has 5 rings (SSSR count). The van der Waals surface area contributed by atoms with E-state index in [4.69, 9.17) is 15.0 Å². The Morgan fingerprint density at radius 2 is 2.14 bits per heavy atom. The molecule has 0 radical (unpaired) electrons. The molecular formula is C24H22F2N4O4S. The minimum Gasteiger partial charge on any atom is -0.494 e. The Balaban J connectivity index is 1.72. The second-order valence-corrected chi connectivity index (χ2v) is 9.77. The second kappa shape index (κ2) is 8.66. The fourth-order valence-electron chi connectivity index (χ4n) is 4.66. The van der Waals surface area contributed by atoms with Crippen molar-refractivity contribution in [1.82, 2.24) is 4.57 Å². The van der Waals surface area contributed by atoms with Gasteiger partial charge < -0.3 is 14.0 Å². The van der Waals surface area contributed by atoms with Crippen LogP contribution in [0, 0.1) is 0 Å². The van der Waals surface area contributed by atoms with Crippen LogP contribution in [0.25, 0.3) is 31.8 Å². The zero-order valence-electron chi connectivity index (χ0n) is 19.1. The molecule has 1 fully saturated rings. The molecule has 2 aromatic heterocycles. The number of hydrogen-bond acceptors (Lipinski definition) is 6. The summed E-state index contributed by atoms with van der Waals surface area (Å²) in [6.45, 7) is 1.83. The molecule has 1 saturated carbocycles. The van der Waals surface area contributed by atoms with E-state index < -0.39 is 29.8 Å². The van der Waals surface area contributed by atoms with Crippen LogP contribution in [0.5, 0.6) is 5.75 Å². The van der Waals surface area contributed by atoms with Crippen molar-refractivity contribution in [3.63, 3.8) is 0 Å². The van der Waals surface area contributed by atoms with Crippen molar-refractivity contribution in [3.05, 3.63) is 61.1 Å². The van der Waals surface area contributed by atoms with Crippen molar-refractivity contribution >= 4 is 28.2 Å². The average molecular weight is 501 g/mol. The molecule has 1 atom stereocenters. The van der Waals surface area contributed by atoms with E-state index in [1.165, 1.54) is 24.6 Å². The Hall–Kier alpha value is -3.43. The van der Waals surface area contributed by atoms with Crippen LogP contribution in [0.15, 0.2) is 34.3 Å². The van der Waals surface area contributed by atoms with E-state index in [2.05, 4.69) is 10.0 Å². The Labute approximate surface area is 202 Å². The highest BCUT2D eigenvalue weighted by Crippen LogP contribution is 2.50. The number of halogens is 2. The number of azide groups is 1. The van der Waals surface area contributed by atoms with Gasteiger partial charge in [0.1, 0.15) is 11.6 Å². The highest BCUT2D eigenvalue weighted by atomic mass is 32.1. The number of nitrogens with zero attached hydrogens (tertiary/aromatic N) is 4. The van der Waals surface area contributed by atoms with Crippen LogP contribution < -0.4 is 10.2 Å². The first-order chi connectivity index (χ1) is 16.8. The summed E-state index contributed by atoms with van der Waals surface area (Å²) in [5.41, 5.74) is 9.87. The van der Waals surface area contributed by atoms with Crippen LogP contribution >= 0.6 is 11.3 Å². The molecule has 3 aromatic rings. The lowest BCUT2D eigenvalue weighted by molar-refractivity contribution is -0.0389. The van der Waals surface area contributed by atoms with Crippen molar-refractivity contribution in [2.24, 2.45) is 5.11 Å². The third-order valence-electron chi connectivity index (χ3n) is 6.44. The highest BCUT2D eigenvalue weighted by molar-refractivity contribution is 7.15. The molecule has 0 bridgehead atoms. The molecule has 35 heavy (non-hydrogen) atoms. The summed E-state index contributed by atoms with van der Waals surface area (Å²) in [5.74, 6) is -3.37. The molecule has 8 nitrogen and oxygen atoms in total. The lowest BCUT2D eigenvalue weighted by Gasteiger charge is -2.27. The average Bonchev–Trinajstić information content (AvgIpc) is 3.59. The topological polar surface area (TPSA) is 106 Å². The maximum absolute atomic E-state index is 14.5. The lowest BCUT2D eigenvalue weighted by Crippen LogP contribution is -2.29. The molecule has 2 aliphatic carbocycles. The number of esters is 1. The minimum absolute atomic E-state index is 0.0351. The predicted molar refractivity (Wildman–Crippen MR) is 127 cm³/mol. The fourth-order valence-corrected chi connectivity index (χ4v) is 5.87. The number of carbonyl (C=O) groups is 1. The van der Waals surface area contributed by atoms with Crippen molar-refractivity contribution < 1.29 is 23.0 Å². The largest absolute Gasteiger partial charge is 0.494 e. The Bertz CT molecular complexity index is 1450. The SMILES string of the molecule is CCOC(=O)c1cn(C2CC2)c2c(OC)c(-c3cc4c(s3)CCC(F)(F)C4N=[N+]=[N-])ccc2c1=O. The monoisotopic (exact) mass is 500 g/mol. The van der Waals surface area contributed by atoms with Crippen molar-refractivity contribution in [2.45, 2.75) is 50.6 Å². The summed E-state index contributed by atoms with van der Waals surface area (Å²) in [6.07, 6.45) is 3.10. The maximum atomic E-state index is 14.5. The molecule has 1 aromatic carbocycles. The number of pyridine rings is 1. The second-order valence-electron chi connectivity index (χ2n) is 8.63. The first kappa shape index (κ1) is 23.3. The van der Waals surface area contributed by atoms with Gasteiger partial charge in [-0.05, 0) is 55.5 Å². The number of thiophene rings is 1. The molecule has 1 unspecified atom stereocenters. The maximum Gasteiger partial charge on any atom is 0.343 e. The van der Waals surface area contributed by atoms with Gasteiger partial charge in [-0.3, -0.25) is 4.79 Å². The van der Waals surface area contributed by atoms with Crippen molar-refractivity contribution in [3.8, 4) is 16.2 Å². The number of methoxy groups -OCH3 is 1. The third kappa shape index (κ3) is 3.84. The van der Waals surface area contributed by atoms with E-state index in [-0.39, 0.29) is 24.6 Å². The number of aromatic nitrogens is 1. The van der Waals surface area contributed by atoms with Crippen molar-refractivity contribution in [1.29, 1.82) is 0 Å². The van der Waals surface area contributed by atoms with Gasteiger partial charge in [0.05, 0.1) is 24.6 Å². The molecule has 0 spiro atoms. The number of rotatable bonds is 6. The third-order valence-corrected chi connectivity index (χ3v) is 7.69. The summed E-state index contributed by atoms with van der Waals surface area (Å²) in [7, 11) is 1.49. The van der Waals surface area contributed by atoms with Gasteiger partial charge in [-0.2, -0.15) is 0 Å². The number of alkyl halides is 2. The number of aryl methyl sites for hydroxylation is 1. The molecule has 2 aliphatic rings. The van der Waals surface area contributed by atoms with Crippen LogP contribution in [0.3, 0.4) is 0 Å². The van der Waals surface area contributed by atoms with E-state index in [1.807, 2.05) is 4.57 Å². The standard InChI is InChI=1S/C24H22F2N4O4S/c1-3-34-23(32)16-11-30(12-4-5-12)19-14(20(16)31)7-6-13(21(19)33-2)18-10-15-17(35-18)8-9-24(25,26)22(15)28-29-27/h6-7,10-12,22H,3-5,8-9H2,1-2H3. The number of carbonyl (C=O) groups excluding carboxylic acids is 1. The first-order valence-corrected chi connectivity index (χ1v) is 12.1. The Morgan fingerprint density at radius 3 is 2.80 bits per heavy atom. The highest BCUT2D eigenvalue weighted by Gasteiger charge is 2.45. The summed E-state index contributed by atoms with van der Waals surface area (Å²) in [4.78, 5) is 29.7. The predicted octanol–water partition coefficient (Wildman–Crippen LogP) is 6.18. The summed E-state index contributed by atoms with van der Waals surface area (Å²) in [6, 6.07) is 3.51. The van der Waals surface area contributed by atoms with Gasteiger partial charge >= 0.3 is 5.97 Å². The number of fused-ring (bicyclic) bond motifs is 2. The van der Waals surface area contributed by atoms with Gasteiger partial charge in [0, 0.05) is 38.9 Å². The quantitative estimate of drug-likeness (QED) is 0.174. The number of ether oxygens (including phenoxy) is 2. The molecule has 0 saturated heterocycles. The van der Waals surface area contributed by atoms with Gasteiger partial charge in [0.25, 0.3) is 5.92 Å². The molecule has 0 N–H and O–H groups in total. The molecule has 182 valence electrons. The summed E-state index contributed by atoms with van der Waals surface area (Å²) in [5, 5.41) is 3.71. The van der Waals surface area contributed by atoms with Crippen LogP contribution in [-0.2, 0) is 11.2 Å². The zero-order valence-corrected chi connectivity index (χ0v) is 19.9. The Kier molecular flexibility index (Phi) is 5.77. The molecule has 0 aliphatic heterocycles. The van der Waals surface area contributed by atoms with E-state index >= 15 is 0 Å². The summed E-state index contributed by atoms with van der Waals surface area (Å²) >= 11 is 1.35. The van der Waals surface area contributed by atoms with E-state index in [0.29, 0.717) is 32.7 Å². The fraction of sp³-hybridized carbons (Fsp3) is 0.417. The van der Waals surface area contributed by atoms with Crippen LogP contribution in [0.2, 0.25) is 0 Å². The summed E-state index contributed by atoms with van der Waals surface area (Å²) < 4.78 is 41.7. The van der Waals surface area contributed by atoms with Gasteiger partial charge in [-0.1, -0.05) is 5.11 Å². The van der Waals surface area contributed by atoms with E-state index in [1.54, 1.807) is 25.1 Å². The molecular weight excluding hydrogens is 478 g/mol. The molecule has 2 heterocycles. The molecule has 0 amide bonds. The first-order valence-electron chi connectivity index (χ1n) is 11.3. The molecule has 11 heteroatoms. The zero-order chi connectivity index (χ0) is 24.9. The number of hydrogen-bond donors (Lipinski definition) is 0. The Morgan fingerprint density at radius 1 is 1.37 bits per heavy atom. The normalized spacial score (nSPS) is 18.6. The smallest absolute Gasteiger partial charge is 0.343 e. The van der Waals surface area contributed by atoms with E-state index in [9.17, 15) is 18.4 Å². The van der Waals surface area contributed by atoms with Gasteiger partial charge in [-0.15, -0.1) is 11.3 Å². The van der Waals surface area contributed by atoms with Crippen LogP contribution in [0.4, 0.5) is 8.78 Å². The minimum atomic E-state index is -3.12. The van der Waals surface area contributed by atoms with Crippen LogP contribution in [-0.4, -0.2) is 30.2 Å². The van der Waals surface area contributed by atoms with E-state index in [0.717, 1.165) is 17.7 Å². The van der Waals surface area contributed by atoms with Crippen LogP contribution in [0.1, 0.15) is 59.1 Å². The van der Waals surface area contributed by atoms with Crippen molar-refractivity contribution in [2.75, 3.05) is 13.7 Å². The van der Waals surface area contributed by atoms with Gasteiger partial charge in [0.15, 0.2) is 5.75 Å². The number of benzene rings is 1. The van der Waals surface area contributed by atoms with Gasteiger partial charge in [0.2, 0.25) is 5.43 Å². The lowest BCUT2D eigenvalue weighted by atomic mass is 9.90.